The summed E-state index contributed by atoms with van der Waals surface area (Å²) in [6.07, 6.45) is 6.26. The van der Waals surface area contributed by atoms with Crippen LogP contribution >= 0.6 is 0 Å². The number of fused-ring (bicyclic) bond motifs is 1. The van der Waals surface area contributed by atoms with Gasteiger partial charge >= 0.3 is 0 Å². The van der Waals surface area contributed by atoms with E-state index in [2.05, 4.69) is 15.6 Å². The number of rotatable bonds is 4. The van der Waals surface area contributed by atoms with E-state index in [-0.39, 0.29) is 29.7 Å². The molecule has 3 aliphatic rings. The number of aromatic amines is 1. The van der Waals surface area contributed by atoms with Crippen molar-refractivity contribution in [3.05, 3.63) is 52.1 Å². The van der Waals surface area contributed by atoms with Crippen LogP contribution in [0.25, 0.3) is 11.6 Å². The Morgan fingerprint density at radius 2 is 1.91 bits per heavy atom. The van der Waals surface area contributed by atoms with Gasteiger partial charge in [0.1, 0.15) is 5.82 Å². The number of likely N-dealkylation sites (tertiary alicyclic amines) is 1. The van der Waals surface area contributed by atoms with E-state index in [1.165, 1.54) is 18.2 Å². The average Bonchev–Trinajstić information content (AvgIpc) is 3.57. The summed E-state index contributed by atoms with van der Waals surface area (Å²) in [7, 11) is 0. The van der Waals surface area contributed by atoms with Gasteiger partial charge < -0.3 is 20.5 Å². The molecule has 3 amide bonds. The molecule has 1 saturated heterocycles. The van der Waals surface area contributed by atoms with Crippen LogP contribution in [0.2, 0.25) is 0 Å². The number of nitrogens with one attached hydrogen (secondary N) is 3. The van der Waals surface area contributed by atoms with Gasteiger partial charge in [-0.1, -0.05) is 6.42 Å². The number of amides is 3. The fourth-order valence-corrected chi connectivity index (χ4v) is 5.55. The van der Waals surface area contributed by atoms with Crippen LogP contribution < -0.4 is 10.6 Å². The number of benzene rings is 1. The van der Waals surface area contributed by atoms with E-state index in [0.717, 1.165) is 45.2 Å². The molecule has 1 saturated carbocycles. The molecule has 2 atom stereocenters. The molecule has 7 nitrogen and oxygen atoms in total. The van der Waals surface area contributed by atoms with Crippen LogP contribution in [-0.4, -0.2) is 46.7 Å². The van der Waals surface area contributed by atoms with Gasteiger partial charge in [0.25, 0.3) is 11.8 Å². The molecule has 2 aliphatic heterocycles. The summed E-state index contributed by atoms with van der Waals surface area (Å²) in [4.78, 5) is 43.9. The van der Waals surface area contributed by atoms with E-state index in [1.54, 1.807) is 6.08 Å². The predicted octanol–water partition coefficient (Wildman–Crippen LogP) is 3.78. The minimum absolute atomic E-state index is 0.159. The highest BCUT2D eigenvalue weighted by atomic mass is 19.1. The van der Waals surface area contributed by atoms with Crippen molar-refractivity contribution in [3.8, 4) is 0 Å². The Morgan fingerprint density at radius 1 is 1.15 bits per heavy atom. The standard InChI is InChI=1S/C26H29FN4O3/c1-14-22(13-19-18-12-16(27)8-9-21(18)29-24(19)32)28-15(2)23(14)25(33)30-20-7-5-6-17(20)26(34)31-10-3-4-11-31/h8-9,12-13,17,20,28H,3-7,10-11H2,1-2H3,(H,29,32)(H,30,33)/b19-13-/t17-,20+/m0/s1. The monoisotopic (exact) mass is 464 g/mol. The molecule has 1 aromatic carbocycles. The molecule has 2 fully saturated rings. The van der Waals surface area contributed by atoms with Gasteiger partial charge in [-0.25, -0.2) is 4.39 Å². The van der Waals surface area contributed by atoms with Crippen molar-refractivity contribution in [2.24, 2.45) is 5.92 Å². The lowest BCUT2D eigenvalue weighted by molar-refractivity contribution is -0.134. The summed E-state index contributed by atoms with van der Waals surface area (Å²) < 4.78 is 13.8. The Morgan fingerprint density at radius 3 is 2.68 bits per heavy atom. The molecule has 3 N–H and O–H groups in total. The topological polar surface area (TPSA) is 94.3 Å². The van der Waals surface area contributed by atoms with Crippen LogP contribution in [0.3, 0.4) is 0 Å². The second-order valence-electron chi connectivity index (χ2n) is 9.52. The molecule has 0 spiro atoms. The average molecular weight is 465 g/mol. The Hall–Kier alpha value is -3.42. The van der Waals surface area contributed by atoms with Crippen molar-refractivity contribution in [2.45, 2.75) is 52.0 Å². The minimum Gasteiger partial charge on any atom is -0.358 e. The first-order valence-corrected chi connectivity index (χ1v) is 11.9. The second kappa shape index (κ2) is 8.74. The number of nitrogens with zero attached hydrogens (tertiary/aromatic N) is 1. The van der Waals surface area contributed by atoms with Gasteiger partial charge in [0.15, 0.2) is 0 Å². The zero-order chi connectivity index (χ0) is 24.0. The highest BCUT2D eigenvalue weighted by Crippen LogP contribution is 2.35. The Bertz CT molecular complexity index is 1210. The van der Waals surface area contributed by atoms with Crippen LogP contribution in [0.5, 0.6) is 0 Å². The fraction of sp³-hybridized carbons (Fsp3) is 0.423. The fourth-order valence-electron chi connectivity index (χ4n) is 5.55. The molecule has 0 unspecified atom stereocenters. The number of H-pyrrole nitrogens is 1. The quantitative estimate of drug-likeness (QED) is 0.601. The van der Waals surface area contributed by atoms with Crippen molar-refractivity contribution in [3.63, 3.8) is 0 Å². The minimum atomic E-state index is -0.421. The second-order valence-corrected chi connectivity index (χ2v) is 9.52. The van der Waals surface area contributed by atoms with E-state index < -0.39 is 5.82 Å². The Labute approximate surface area is 197 Å². The zero-order valence-electron chi connectivity index (χ0n) is 19.5. The van der Waals surface area contributed by atoms with Gasteiger partial charge in [-0.2, -0.15) is 0 Å². The maximum atomic E-state index is 13.8. The lowest BCUT2D eigenvalue weighted by atomic mass is 10.0. The summed E-state index contributed by atoms with van der Waals surface area (Å²) in [6.45, 7) is 5.26. The van der Waals surface area contributed by atoms with E-state index in [0.29, 0.717) is 39.3 Å². The molecule has 3 heterocycles. The van der Waals surface area contributed by atoms with E-state index in [4.69, 9.17) is 0 Å². The number of anilines is 1. The largest absolute Gasteiger partial charge is 0.358 e. The maximum absolute atomic E-state index is 13.8. The molecule has 0 radical (unpaired) electrons. The third-order valence-corrected chi connectivity index (χ3v) is 7.32. The smallest absolute Gasteiger partial charge is 0.256 e. The zero-order valence-corrected chi connectivity index (χ0v) is 19.5. The molecule has 178 valence electrons. The lowest BCUT2D eigenvalue weighted by Gasteiger charge is -2.25. The third-order valence-electron chi connectivity index (χ3n) is 7.32. The van der Waals surface area contributed by atoms with Crippen LogP contribution in [0.1, 0.15) is 65.0 Å². The molecule has 1 aromatic heterocycles. The Kier molecular flexibility index (Phi) is 5.75. The first kappa shape index (κ1) is 22.4. The first-order chi connectivity index (χ1) is 16.3. The van der Waals surface area contributed by atoms with E-state index in [9.17, 15) is 18.8 Å². The lowest BCUT2D eigenvalue weighted by Crippen LogP contribution is -2.45. The number of halogens is 1. The number of carbonyl (C=O) groups excluding carboxylic acids is 3. The van der Waals surface area contributed by atoms with Crippen molar-refractivity contribution < 1.29 is 18.8 Å². The molecule has 34 heavy (non-hydrogen) atoms. The summed E-state index contributed by atoms with van der Waals surface area (Å²) >= 11 is 0. The molecular weight excluding hydrogens is 435 g/mol. The highest BCUT2D eigenvalue weighted by molar-refractivity contribution is 6.34. The SMILES string of the molecule is Cc1[nH]c(/C=C2\C(=O)Nc3ccc(F)cc32)c(C)c1C(=O)N[C@@H]1CCC[C@@H]1C(=O)N1CCCC1. The van der Waals surface area contributed by atoms with Crippen LogP contribution in [0, 0.1) is 25.6 Å². The molecule has 8 heteroatoms. The van der Waals surface area contributed by atoms with Gasteiger partial charge in [-0.15, -0.1) is 0 Å². The molecule has 5 rings (SSSR count). The number of hydrogen-bond acceptors (Lipinski definition) is 3. The van der Waals surface area contributed by atoms with Crippen molar-refractivity contribution in [2.75, 3.05) is 18.4 Å². The molecule has 0 bridgehead atoms. The molecule has 1 aliphatic carbocycles. The predicted molar refractivity (Wildman–Crippen MR) is 128 cm³/mol. The van der Waals surface area contributed by atoms with Gasteiger partial charge in [-0.3, -0.25) is 14.4 Å². The van der Waals surface area contributed by atoms with Crippen LogP contribution in [0.4, 0.5) is 10.1 Å². The summed E-state index contributed by atoms with van der Waals surface area (Å²) in [6, 6.07) is 4.00. The number of carbonyl (C=O) groups is 3. The molecule has 2 aromatic rings. The van der Waals surface area contributed by atoms with E-state index >= 15 is 0 Å². The van der Waals surface area contributed by atoms with Crippen LogP contribution in [0.15, 0.2) is 18.2 Å². The normalized spacial score (nSPS) is 22.9. The molecular formula is C26H29FN4O3. The maximum Gasteiger partial charge on any atom is 0.256 e. The van der Waals surface area contributed by atoms with Gasteiger partial charge in [0, 0.05) is 41.8 Å². The summed E-state index contributed by atoms with van der Waals surface area (Å²) in [5.41, 5.74) is 3.94. The number of aromatic nitrogens is 1. The van der Waals surface area contributed by atoms with Gasteiger partial charge in [0.2, 0.25) is 5.91 Å². The van der Waals surface area contributed by atoms with Crippen molar-refractivity contribution >= 4 is 35.1 Å². The number of aryl methyl sites for hydroxylation is 1. The van der Waals surface area contributed by atoms with Crippen molar-refractivity contribution in [1.82, 2.24) is 15.2 Å². The van der Waals surface area contributed by atoms with Crippen molar-refractivity contribution in [1.29, 1.82) is 0 Å². The summed E-state index contributed by atoms with van der Waals surface area (Å²) in [5, 5.41) is 5.86. The highest BCUT2D eigenvalue weighted by Gasteiger charge is 2.37. The third kappa shape index (κ3) is 3.91. The summed E-state index contributed by atoms with van der Waals surface area (Å²) in [5.74, 6) is -0.963. The number of hydrogen-bond donors (Lipinski definition) is 3. The first-order valence-electron chi connectivity index (χ1n) is 11.9. The van der Waals surface area contributed by atoms with E-state index in [1.807, 2.05) is 18.7 Å². The van der Waals surface area contributed by atoms with Crippen LogP contribution in [-0.2, 0) is 9.59 Å². The van der Waals surface area contributed by atoms with Gasteiger partial charge in [-0.05, 0) is 69.4 Å². The van der Waals surface area contributed by atoms with Gasteiger partial charge in [0.05, 0.1) is 17.1 Å². The Balaban J connectivity index is 1.38.